The van der Waals surface area contributed by atoms with Crippen LogP contribution in [0.5, 0.6) is 0 Å². The van der Waals surface area contributed by atoms with Gasteiger partial charge in [0.25, 0.3) is 5.91 Å². The summed E-state index contributed by atoms with van der Waals surface area (Å²) in [5, 5.41) is 0. The van der Waals surface area contributed by atoms with E-state index in [4.69, 9.17) is 11.6 Å². The maximum atomic E-state index is 13.0. The molecule has 1 N–H and O–H groups in total. The minimum Gasteiger partial charge on any atom is -0.330 e. The van der Waals surface area contributed by atoms with E-state index in [2.05, 4.69) is 11.3 Å². The number of aryl methyl sites for hydroxylation is 1. The molecule has 0 radical (unpaired) electrons. The summed E-state index contributed by atoms with van der Waals surface area (Å²) in [6, 6.07) is 6.79. The Bertz CT molecular complexity index is 936. The van der Waals surface area contributed by atoms with Gasteiger partial charge in [0.15, 0.2) is 0 Å². The van der Waals surface area contributed by atoms with E-state index >= 15 is 0 Å². The van der Waals surface area contributed by atoms with E-state index < -0.39 is 10.0 Å². The van der Waals surface area contributed by atoms with Crippen molar-refractivity contribution >= 4 is 38.9 Å². The zero-order valence-corrected chi connectivity index (χ0v) is 17.3. The van der Waals surface area contributed by atoms with Gasteiger partial charge < -0.3 is 4.90 Å². The van der Waals surface area contributed by atoms with Crippen LogP contribution < -0.4 is 4.72 Å². The van der Waals surface area contributed by atoms with E-state index in [1.165, 1.54) is 24.5 Å². The van der Waals surface area contributed by atoms with Crippen LogP contribution in [0.2, 0.25) is 4.34 Å². The first-order valence-electron chi connectivity index (χ1n) is 7.88. The summed E-state index contributed by atoms with van der Waals surface area (Å²) >= 11 is 7.37. The third kappa shape index (κ3) is 4.54. The lowest BCUT2D eigenvalue weighted by molar-refractivity contribution is 0.0764. The molecular formula is C18H21ClN2O3S2. The van der Waals surface area contributed by atoms with Crippen molar-refractivity contribution in [2.24, 2.45) is 0 Å². The van der Waals surface area contributed by atoms with Gasteiger partial charge in [-0.1, -0.05) is 17.7 Å². The van der Waals surface area contributed by atoms with Crippen LogP contribution in [-0.2, 0) is 16.6 Å². The third-order valence-electron chi connectivity index (χ3n) is 4.04. The number of hydrogen-bond acceptors (Lipinski definition) is 4. The first-order valence-corrected chi connectivity index (χ1v) is 10.6. The van der Waals surface area contributed by atoms with Crippen LogP contribution in [0, 0.1) is 13.8 Å². The molecule has 5 nitrogen and oxygen atoms in total. The number of hydrogen-bond donors (Lipinski definition) is 1. The highest BCUT2D eigenvalue weighted by atomic mass is 35.5. The van der Waals surface area contributed by atoms with Gasteiger partial charge in [0.1, 0.15) is 0 Å². The van der Waals surface area contributed by atoms with Crippen molar-refractivity contribution in [3.05, 3.63) is 62.8 Å². The quantitative estimate of drug-likeness (QED) is 0.704. The molecule has 0 aliphatic carbocycles. The molecule has 0 atom stereocenters. The fraction of sp³-hybridized carbons (Fsp3) is 0.278. The lowest BCUT2D eigenvalue weighted by atomic mass is 10.1. The molecule has 0 aliphatic heterocycles. The molecule has 1 aromatic carbocycles. The van der Waals surface area contributed by atoms with Gasteiger partial charge in [0.2, 0.25) is 10.0 Å². The lowest BCUT2D eigenvalue weighted by Crippen LogP contribution is -2.31. The number of nitrogens with zero attached hydrogens (tertiary/aromatic N) is 1. The smallest absolute Gasteiger partial charge is 0.254 e. The molecule has 0 unspecified atom stereocenters. The molecule has 0 saturated heterocycles. The highest BCUT2D eigenvalue weighted by Gasteiger charge is 2.22. The fourth-order valence-corrected chi connectivity index (χ4v) is 4.69. The van der Waals surface area contributed by atoms with Gasteiger partial charge in [-0.25, -0.2) is 13.1 Å². The highest BCUT2D eigenvalue weighted by molar-refractivity contribution is 7.89. The highest BCUT2D eigenvalue weighted by Crippen LogP contribution is 2.25. The SMILES string of the molecule is C=CCN(Cc1ccc(Cl)s1)C(=O)c1cc(C)c(C)c(S(=O)(=O)NC)c1. The predicted octanol–water partition coefficient (Wildman–Crippen LogP) is 3.75. The first kappa shape index (κ1) is 20.6. The molecular weight excluding hydrogens is 392 g/mol. The lowest BCUT2D eigenvalue weighted by Gasteiger charge is -2.22. The molecule has 1 amide bonds. The van der Waals surface area contributed by atoms with Crippen molar-refractivity contribution in [2.45, 2.75) is 25.3 Å². The molecule has 2 aromatic rings. The number of halogens is 1. The fourth-order valence-electron chi connectivity index (χ4n) is 2.52. The Morgan fingerprint density at radius 2 is 2.04 bits per heavy atom. The molecule has 0 spiro atoms. The van der Waals surface area contributed by atoms with Crippen molar-refractivity contribution in [2.75, 3.05) is 13.6 Å². The van der Waals surface area contributed by atoms with E-state index in [0.717, 1.165) is 10.4 Å². The molecule has 0 bridgehead atoms. The Hall–Kier alpha value is -1.67. The van der Waals surface area contributed by atoms with Crippen molar-refractivity contribution in [3.63, 3.8) is 0 Å². The van der Waals surface area contributed by atoms with Gasteiger partial charge in [-0.15, -0.1) is 17.9 Å². The van der Waals surface area contributed by atoms with Crippen molar-refractivity contribution in [1.82, 2.24) is 9.62 Å². The van der Waals surface area contributed by atoms with E-state index in [0.29, 0.717) is 28.6 Å². The Balaban J connectivity index is 2.43. The molecule has 0 fully saturated rings. The van der Waals surface area contributed by atoms with E-state index in [-0.39, 0.29) is 10.8 Å². The topological polar surface area (TPSA) is 66.5 Å². The number of benzene rings is 1. The molecule has 140 valence electrons. The number of rotatable bonds is 7. The van der Waals surface area contributed by atoms with Crippen molar-refractivity contribution in [3.8, 4) is 0 Å². The second kappa shape index (κ2) is 8.35. The van der Waals surface area contributed by atoms with Gasteiger partial charge in [0.05, 0.1) is 15.8 Å². The minimum absolute atomic E-state index is 0.112. The van der Waals surface area contributed by atoms with Crippen LogP contribution in [0.3, 0.4) is 0 Å². The van der Waals surface area contributed by atoms with Crippen LogP contribution in [0.4, 0.5) is 0 Å². The van der Waals surface area contributed by atoms with Crippen molar-refractivity contribution < 1.29 is 13.2 Å². The van der Waals surface area contributed by atoms with Crippen LogP contribution in [-0.4, -0.2) is 32.8 Å². The maximum Gasteiger partial charge on any atom is 0.254 e. The van der Waals surface area contributed by atoms with E-state index in [9.17, 15) is 13.2 Å². The van der Waals surface area contributed by atoms with E-state index in [1.54, 1.807) is 37.0 Å². The van der Waals surface area contributed by atoms with Crippen LogP contribution in [0.25, 0.3) is 0 Å². The third-order valence-corrected chi connectivity index (χ3v) is 6.79. The summed E-state index contributed by atoms with van der Waals surface area (Å²) in [7, 11) is -2.31. The molecule has 8 heteroatoms. The molecule has 0 saturated carbocycles. The number of carbonyl (C=O) groups excluding carboxylic acids is 1. The van der Waals surface area contributed by atoms with Crippen LogP contribution in [0.15, 0.2) is 41.8 Å². The number of amides is 1. The van der Waals surface area contributed by atoms with Crippen LogP contribution in [0.1, 0.15) is 26.4 Å². The molecule has 26 heavy (non-hydrogen) atoms. The number of nitrogens with one attached hydrogen (secondary N) is 1. The predicted molar refractivity (Wildman–Crippen MR) is 106 cm³/mol. The molecule has 0 aliphatic rings. The number of thiophene rings is 1. The summed E-state index contributed by atoms with van der Waals surface area (Å²) in [5.41, 5.74) is 1.69. The first-order chi connectivity index (χ1) is 12.2. The summed E-state index contributed by atoms with van der Waals surface area (Å²) in [6.45, 7) is 7.94. The second-order valence-corrected chi connectivity index (χ2v) is 9.46. The zero-order valence-electron chi connectivity index (χ0n) is 14.9. The largest absolute Gasteiger partial charge is 0.330 e. The van der Waals surface area contributed by atoms with Crippen LogP contribution >= 0.6 is 22.9 Å². The summed E-state index contributed by atoms with van der Waals surface area (Å²) in [4.78, 5) is 15.7. The van der Waals surface area contributed by atoms with Gasteiger partial charge in [-0.3, -0.25) is 4.79 Å². The summed E-state index contributed by atoms with van der Waals surface area (Å²) in [5.74, 6) is -0.259. The van der Waals surface area contributed by atoms with Crippen molar-refractivity contribution in [1.29, 1.82) is 0 Å². The van der Waals surface area contributed by atoms with Gasteiger partial charge in [-0.05, 0) is 56.3 Å². The normalized spacial score (nSPS) is 11.4. The van der Waals surface area contributed by atoms with E-state index in [1.807, 2.05) is 6.07 Å². The molecule has 1 heterocycles. The maximum absolute atomic E-state index is 13.0. The van der Waals surface area contributed by atoms with Gasteiger partial charge >= 0.3 is 0 Å². The standard InChI is InChI=1S/C18H21ClN2O3S2/c1-5-8-21(11-15-6-7-17(19)25-15)18(22)14-9-12(2)13(3)16(10-14)26(23,24)20-4/h5-7,9-10,20H,1,8,11H2,2-4H3. The number of carbonyl (C=O) groups is 1. The summed E-state index contributed by atoms with van der Waals surface area (Å²) < 4.78 is 27.5. The molecule has 2 rings (SSSR count). The van der Waals surface area contributed by atoms with Gasteiger partial charge in [-0.2, -0.15) is 0 Å². The average molecular weight is 413 g/mol. The average Bonchev–Trinajstić information content (AvgIpc) is 3.01. The number of sulfonamides is 1. The Morgan fingerprint density at radius 1 is 1.35 bits per heavy atom. The van der Waals surface area contributed by atoms with Gasteiger partial charge in [0, 0.05) is 17.0 Å². The minimum atomic E-state index is -3.66. The summed E-state index contributed by atoms with van der Waals surface area (Å²) in [6.07, 6.45) is 1.64. The monoisotopic (exact) mass is 412 g/mol. The second-order valence-electron chi connectivity index (χ2n) is 5.80. The zero-order chi connectivity index (χ0) is 19.5. The Labute approximate surface area is 163 Å². The molecule has 1 aromatic heterocycles. The Kier molecular flexibility index (Phi) is 6.63. The Morgan fingerprint density at radius 3 is 2.58 bits per heavy atom.